The van der Waals surface area contributed by atoms with Crippen molar-refractivity contribution in [2.45, 2.75) is 24.6 Å². The maximum absolute atomic E-state index is 12.4. The summed E-state index contributed by atoms with van der Waals surface area (Å²) in [5.41, 5.74) is 6.47. The smallest absolute Gasteiger partial charge is 0.407 e. The monoisotopic (exact) mass is 481 g/mol. The quantitative estimate of drug-likeness (QED) is 0.420. The van der Waals surface area contributed by atoms with Gasteiger partial charge in [0.25, 0.3) is 0 Å². The molecule has 2 N–H and O–H groups in total. The summed E-state index contributed by atoms with van der Waals surface area (Å²) in [5.74, 6) is -0.436. The van der Waals surface area contributed by atoms with Crippen LogP contribution in [0.2, 0.25) is 5.02 Å². The van der Waals surface area contributed by atoms with Crippen molar-refractivity contribution < 1.29 is 19.4 Å². The number of hydrogen-bond acceptors (Lipinski definition) is 4. The number of carbonyl (C=O) groups excluding carboxylic acids is 1. The van der Waals surface area contributed by atoms with Gasteiger partial charge in [0.1, 0.15) is 12.6 Å². The molecular weight excluding hydrogens is 458 g/mol. The summed E-state index contributed by atoms with van der Waals surface area (Å²) < 4.78 is 5.47. The lowest BCUT2D eigenvalue weighted by atomic mass is 9.98. The second kappa shape index (κ2) is 10.3. The molecule has 0 aromatic heterocycles. The van der Waals surface area contributed by atoms with E-state index >= 15 is 0 Å². The molecule has 7 heteroatoms. The molecule has 3 aromatic carbocycles. The van der Waals surface area contributed by atoms with Crippen molar-refractivity contribution in [1.29, 1.82) is 0 Å². The van der Waals surface area contributed by atoms with Crippen LogP contribution in [-0.4, -0.2) is 35.6 Å². The number of nitrogens with one attached hydrogen (secondary N) is 1. The van der Waals surface area contributed by atoms with Crippen molar-refractivity contribution in [2.75, 3.05) is 12.4 Å². The Labute approximate surface area is 202 Å². The predicted molar refractivity (Wildman–Crippen MR) is 132 cm³/mol. The highest BCUT2D eigenvalue weighted by molar-refractivity contribution is 7.98. The molecule has 3 aromatic rings. The zero-order valence-corrected chi connectivity index (χ0v) is 19.7. The van der Waals surface area contributed by atoms with E-state index in [1.165, 1.54) is 11.8 Å². The fourth-order valence-electron chi connectivity index (χ4n) is 4.01. The number of halogens is 1. The van der Waals surface area contributed by atoms with Crippen molar-refractivity contribution in [1.82, 2.24) is 5.32 Å². The van der Waals surface area contributed by atoms with E-state index in [2.05, 4.69) is 17.4 Å². The van der Waals surface area contributed by atoms with Crippen molar-refractivity contribution in [2.24, 2.45) is 0 Å². The first-order valence-electron chi connectivity index (χ1n) is 10.6. The molecule has 4 rings (SSSR count). The van der Waals surface area contributed by atoms with Gasteiger partial charge in [-0.1, -0.05) is 72.3 Å². The molecule has 0 spiro atoms. The third-order valence-corrected chi connectivity index (χ3v) is 7.12. The average Bonchev–Trinajstić information content (AvgIpc) is 3.12. The first kappa shape index (κ1) is 23.2. The zero-order chi connectivity index (χ0) is 23.4. The highest BCUT2D eigenvalue weighted by Crippen LogP contribution is 2.44. The molecule has 1 atom stereocenters. The number of alkyl carbamates (subject to hydrolysis) is 1. The van der Waals surface area contributed by atoms with Crippen LogP contribution in [0.5, 0.6) is 0 Å². The summed E-state index contributed by atoms with van der Waals surface area (Å²) in [6.07, 6.45) is -0.738. The van der Waals surface area contributed by atoms with Crippen LogP contribution >= 0.6 is 23.4 Å². The van der Waals surface area contributed by atoms with Crippen LogP contribution < -0.4 is 5.32 Å². The number of aliphatic carboxylic acids is 1. The molecule has 1 unspecified atom stereocenters. The second-order valence-corrected chi connectivity index (χ2v) is 9.41. The highest BCUT2D eigenvalue weighted by Gasteiger charge is 2.29. The molecule has 0 radical (unpaired) electrons. The number of benzene rings is 3. The molecule has 1 aliphatic rings. The summed E-state index contributed by atoms with van der Waals surface area (Å²) in [7, 11) is 0. The highest BCUT2D eigenvalue weighted by atomic mass is 35.5. The first-order valence-corrected chi connectivity index (χ1v) is 12.1. The number of ether oxygens (including phenoxy) is 1. The van der Waals surface area contributed by atoms with E-state index in [0.717, 1.165) is 33.4 Å². The Morgan fingerprint density at radius 3 is 2.30 bits per heavy atom. The summed E-state index contributed by atoms with van der Waals surface area (Å²) in [6, 6.07) is 20.8. The van der Waals surface area contributed by atoms with E-state index < -0.39 is 18.1 Å². The third kappa shape index (κ3) is 5.34. The molecule has 5 nitrogen and oxygen atoms in total. The van der Waals surface area contributed by atoms with Crippen LogP contribution in [0.4, 0.5) is 4.79 Å². The molecule has 0 saturated carbocycles. The Bertz CT molecular complexity index is 1140. The van der Waals surface area contributed by atoms with Gasteiger partial charge in [0, 0.05) is 22.4 Å². The molecule has 0 bridgehead atoms. The fraction of sp³-hybridized carbons (Fsp3) is 0.231. The molecular formula is C26H24ClNO4S. The molecule has 0 heterocycles. The van der Waals surface area contributed by atoms with Gasteiger partial charge in [-0.05, 0) is 46.4 Å². The number of aryl methyl sites for hydroxylation is 1. The summed E-state index contributed by atoms with van der Waals surface area (Å²) >= 11 is 7.64. The van der Waals surface area contributed by atoms with Crippen molar-refractivity contribution >= 4 is 35.4 Å². The number of carboxylic acids is 1. The standard InChI is InChI=1S/C26H24ClNO4S/c1-16-10-11-17(23(27)12-16)14-33-15-24(25(29)30)28-26(31)32-13-22-20-8-4-2-6-18(20)19-7-3-5-9-21(19)22/h2-12,22,24H,13-15H2,1H3,(H,28,31)(H,29,30). The zero-order valence-electron chi connectivity index (χ0n) is 18.1. The van der Waals surface area contributed by atoms with E-state index in [9.17, 15) is 14.7 Å². The van der Waals surface area contributed by atoms with Gasteiger partial charge in [-0.3, -0.25) is 0 Å². The van der Waals surface area contributed by atoms with Gasteiger partial charge in [0.15, 0.2) is 0 Å². The number of thioether (sulfide) groups is 1. The minimum absolute atomic E-state index is 0.0792. The van der Waals surface area contributed by atoms with Gasteiger partial charge in [0.05, 0.1) is 0 Å². The number of rotatable bonds is 8. The van der Waals surface area contributed by atoms with Crippen LogP contribution in [0.3, 0.4) is 0 Å². The van der Waals surface area contributed by atoms with Crippen LogP contribution in [-0.2, 0) is 15.3 Å². The van der Waals surface area contributed by atoms with Crippen molar-refractivity contribution in [3.8, 4) is 11.1 Å². The predicted octanol–water partition coefficient (Wildman–Crippen LogP) is 5.87. The van der Waals surface area contributed by atoms with Crippen molar-refractivity contribution in [3.05, 3.63) is 94.0 Å². The molecule has 0 saturated heterocycles. The van der Waals surface area contributed by atoms with Crippen molar-refractivity contribution in [3.63, 3.8) is 0 Å². The van der Waals surface area contributed by atoms with Crippen LogP contribution in [0.1, 0.15) is 28.2 Å². The number of fused-ring (bicyclic) bond motifs is 3. The normalized spacial score (nSPS) is 13.2. The maximum Gasteiger partial charge on any atom is 0.407 e. The van der Waals surface area contributed by atoms with E-state index in [1.807, 2.05) is 61.5 Å². The minimum Gasteiger partial charge on any atom is -0.480 e. The number of carboxylic acid groups (broad SMARTS) is 1. The summed E-state index contributed by atoms with van der Waals surface area (Å²) in [6.45, 7) is 2.10. The van der Waals surface area contributed by atoms with Crippen LogP contribution in [0.25, 0.3) is 11.1 Å². The van der Waals surface area contributed by atoms with E-state index in [1.54, 1.807) is 0 Å². The second-order valence-electron chi connectivity index (χ2n) is 7.97. The number of hydrogen-bond donors (Lipinski definition) is 2. The molecule has 170 valence electrons. The third-order valence-electron chi connectivity index (χ3n) is 5.68. The van der Waals surface area contributed by atoms with Gasteiger partial charge < -0.3 is 15.2 Å². The van der Waals surface area contributed by atoms with Gasteiger partial charge in [-0.2, -0.15) is 11.8 Å². The van der Waals surface area contributed by atoms with Gasteiger partial charge >= 0.3 is 12.1 Å². The minimum atomic E-state index is -1.11. The Hall–Kier alpha value is -2.96. The molecule has 33 heavy (non-hydrogen) atoms. The van der Waals surface area contributed by atoms with Crippen LogP contribution in [0.15, 0.2) is 66.7 Å². The molecule has 0 fully saturated rings. The largest absolute Gasteiger partial charge is 0.480 e. The Balaban J connectivity index is 1.34. The van der Waals surface area contributed by atoms with Gasteiger partial charge in [0.2, 0.25) is 0 Å². The molecule has 0 aliphatic heterocycles. The maximum atomic E-state index is 12.4. The van der Waals surface area contributed by atoms with E-state index in [0.29, 0.717) is 10.8 Å². The van der Waals surface area contributed by atoms with E-state index in [-0.39, 0.29) is 18.3 Å². The summed E-state index contributed by atoms with van der Waals surface area (Å²) in [4.78, 5) is 24.1. The Kier molecular flexibility index (Phi) is 7.26. The topological polar surface area (TPSA) is 75.6 Å². The Morgan fingerprint density at radius 1 is 1.06 bits per heavy atom. The lowest BCUT2D eigenvalue weighted by molar-refractivity contribution is -0.138. The fourth-order valence-corrected chi connectivity index (χ4v) is 5.45. The van der Waals surface area contributed by atoms with Gasteiger partial charge in [-0.15, -0.1) is 0 Å². The Morgan fingerprint density at radius 2 is 1.70 bits per heavy atom. The summed E-state index contributed by atoms with van der Waals surface area (Å²) in [5, 5.41) is 12.7. The lowest BCUT2D eigenvalue weighted by Gasteiger charge is -2.17. The number of amides is 1. The van der Waals surface area contributed by atoms with Gasteiger partial charge in [-0.25, -0.2) is 9.59 Å². The lowest BCUT2D eigenvalue weighted by Crippen LogP contribution is -2.43. The van der Waals surface area contributed by atoms with Crippen LogP contribution in [0, 0.1) is 6.92 Å². The SMILES string of the molecule is Cc1ccc(CSCC(NC(=O)OCC2c3ccccc3-c3ccccc32)C(=O)O)c(Cl)c1. The molecule has 1 amide bonds. The number of carbonyl (C=O) groups is 2. The van der Waals surface area contributed by atoms with E-state index in [4.69, 9.17) is 16.3 Å². The first-order chi connectivity index (χ1) is 15.9. The average molecular weight is 482 g/mol. The molecule has 1 aliphatic carbocycles.